The molecule has 1 aliphatic rings. The number of hydrogen-bond acceptors (Lipinski definition) is 8. The van der Waals surface area contributed by atoms with Crippen molar-refractivity contribution in [2.45, 2.75) is 33.7 Å². The SMILES string of the molecule is CC.Cc1noc(CN2CCc3sc(N)nc3-c3cn[nH]c32)n1. The normalized spacial score (nSPS) is 12.9. The van der Waals surface area contributed by atoms with Crippen molar-refractivity contribution in [2.24, 2.45) is 0 Å². The molecule has 8 nitrogen and oxygen atoms in total. The molecule has 0 amide bonds. The first-order valence-electron chi connectivity index (χ1n) is 7.54. The fourth-order valence-corrected chi connectivity index (χ4v) is 3.35. The van der Waals surface area contributed by atoms with Crippen LogP contribution in [0.25, 0.3) is 11.3 Å². The van der Waals surface area contributed by atoms with Crippen molar-refractivity contribution < 1.29 is 4.52 Å². The minimum absolute atomic E-state index is 0.542. The molecule has 3 aromatic heterocycles. The van der Waals surface area contributed by atoms with E-state index in [2.05, 4.69) is 30.2 Å². The maximum Gasteiger partial charge on any atom is 0.246 e. The lowest BCUT2D eigenvalue weighted by Crippen LogP contribution is -2.25. The number of aryl methyl sites for hydroxylation is 1. The van der Waals surface area contributed by atoms with Crippen molar-refractivity contribution in [1.29, 1.82) is 0 Å². The lowest BCUT2D eigenvalue weighted by Gasteiger charge is -2.19. The van der Waals surface area contributed by atoms with E-state index < -0.39 is 0 Å². The van der Waals surface area contributed by atoms with E-state index in [1.165, 1.54) is 16.2 Å². The lowest BCUT2D eigenvalue weighted by atomic mass is 10.2. The molecule has 0 saturated carbocycles. The number of nitrogens with one attached hydrogen (secondary N) is 1. The second-order valence-corrected chi connectivity index (χ2v) is 5.98. The van der Waals surface area contributed by atoms with E-state index >= 15 is 0 Å². The number of nitrogens with two attached hydrogens (primary N) is 1. The van der Waals surface area contributed by atoms with Gasteiger partial charge in [0, 0.05) is 17.8 Å². The average Bonchev–Trinajstić information content (AvgIpc) is 3.24. The van der Waals surface area contributed by atoms with Gasteiger partial charge < -0.3 is 15.2 Å². The Morgan fingerprint density at radius 2 is 2.22 bits per heavy atom. The van der Waals surface area contributed by atoms with Gasteiger partial charge in [0.05, 0.1) is 24.0 Å². The first-order valence-corrected chi connectivity index (χ1v) is 8.35. The van der Waals surface area contributed by atoms with Crippen LogP contribution in [0.2, 0.25) is 0 Å². The molecule has 3 aromatic rings. The highest BCUT2D eigenvalue weighted by Gasteiger charge is 2.25. The minimum atomic E-state index is 0.542. The van der Waals surface area contributed by atoms with Gasteiger partial charge in [-0.05, 0) is 6.92 Å². The van der Waals surface area contributed by atoms with E-state index in [9.17, 15) is 0 Å². The fraction of sp³-hybridized carbons (Fsp3) is 0.429. The largest absolute Gasteiger partial charge is 0.375 e. The zero-order valence-electron chi connectivity index (χ0n) is 13.3. The summed E-state index contributed by atoms with van der Waals surface area (Å²) in [5.41, 5.74) is 7.71. The summed E-state index contributed by atoms with van der Waals surface area (Å²) in [4.78, 5) is 12.0. The highest BCUT2D eigenvalue weighted by molar-refractivity contribution is 7.15. The van der Waals surface area contributed by atoms with Crippen LogP contribution in [-0.2, 0) is 13.0 Å². The predicted molar refractivity (Wildman–Crippen MR) is 89.2 cm³/mol. The second-order valence-electron chi connectivity index (χ2n) is 4.86. The zero-order valence-corrected chi connectivity index (χ0v) is 14.1. The van der Waals surface area contributed by atoms with E-state index in [0.29, 0.717) is 23.4 Å². The Kier molecular flexibility index (Phi) is 4.28. The molecule has 0 aromatic carbocycles. The van der Waals surface area contributed by atoms with Crippen molar-refractivity contribution >= 4 is 22.3 Å². The smallest absolute Gasteiger partial charge is 0.246 e. The summed E-state index contributed by atoms with van der Waals surface area (Å²) in [5.74, 6) is 2.14. The van der Waals surface area contributed by atoms with Gasteiger partial charge in [-0.15, -0.1) is 11.3 Å². The fourth-order valence-electron chi connectivity index (χ4n) is 2.52. The van der Waals surface area contributed by atoms with Gasteiger partial charge in [-0.2, -0.15) is 10.1 Å². The molecular weight excluding hydrogens is 314 g/mol. The molecule has 0 unspecified atom stereocenters. The summed E-state index contributed by atoms with van der Waals surface area (Å²) in [6.07, 6.45) is 2.66. The Hall–Kier alpha value is -2.42. The van der Waals surface area contributed by atoms with Crippen molar-refractivity contribution in [2.75, 3.05) is 17.2 Å². The molecule has 0 saturated heterocycles. The number of nitrogen functional groups attached to an aromatic ring is 1. The number of aromatic amines is 1. The van der Waals surface area contributed by atoms with Gasteiger partial charge in [-0.3, -0.25) is 5.10 Å². The first-order chi connectivity index (χ1) is 11.2. The van der Waals surface area contributed by atoms with Crippen LogP contribution in [0.4, 0.5) is 10.9 Å². The zero-order chi connectivity index (χ0) is 16.4. The number of fused-ring (bicyclic) bond motifs is 3. The Balaban J connectivity index is 0.000000753. The van der Waals surface area contributed by atoms with Gasteiger partial charge in [-0.1, -0.05) is 19.0 Å². The topological polar surface area (TPSA) is 110 Å². The van der Waals surface area contributed by atoms with E-state index in [-0.39, 0.29) is 0 Å². The van der Waals surface area contributed by atoms with Gasteiger partial charge in [-0.25, -0.2) is 4.98 Å². The van der Waals surface area contributed by atoms with E-state index in [1.54, 1.807) is 13.1 Å². The molecule has 1 aliphatic heterocycles. The first kappa shape index (κ1) is 15.5. The van der Waals surface area contributed by atoms with Crippen LogP contribution in [0.15, 0.2) is 10.7 Å². The lowest BCUT2D eigenvalue weighted by molar-refractivity contribution is 0.372. The second kappa shape index (κ2) is 6.37. The molecule has 122 valence electrons. The summed E-state index contributed by atoms with van der Waals surface area (Å²) in [6.45, 7) is 7.16. The van der Waals surface area contributed by atoms with Crippen LogP contribution in [0.1, 0.15) is 30.4 Å². The van der Waals surface area contributed by atoms with E-state index in [0.717, 1.165) is 30.0 Å². The van der Waals surface area contributed by atoms with E-state index in [1.807, 2.05) is 13.8 Å². The average molecular weight is 333 g/mol. The van der Waals surface area contributed by atoms with Crippen LogP contribution in [-0.4, -0.2) is 31.9 Å². The maximum atomic E-state index is 5.83. The summed E-state index contributed by atoms with van der Waals surface area (Å²) < 4.78 is 5.21. The van der Waals surface area contributed by atoms with Crippen molar-refractivity contribution in [3.8, 4) is 11.3 Å². The third-order valence-electron chi connectivity index (χ3n) is 3.41. The molecule has 4 rings (SSSR count). The molecule has 0 atom stereocenters. The summed E-state index contributed by atoms with van der Waals surface area (Å²) >= 11 is 1.53. The Morgan fingerprint density at radius 3 is 2.96 bits per heavy atom. The van der Waals surface area contributed by atoms with Gasteiger partial charge in [0.25, 0.3) is 0 Å². The Bertz CT molecular complexity index is 791. The van der Waals surface area contributed by atoms with Gasteiger partial charge in [0.2, 0.25) is 5.89 Å². The Labute approximate surface area is 137 Å². The third-order valence-corrected chi connectivity index (χ3v) is 4.35. The number of aromatic nitrogens is 5. The number of anilines is 2. The Morgan fingerprint density at radius 1 is 1.39 bits per heavy atom. The molecular formula is C14H19N7OS. The van der Waals surface area contributed by atoms with Gasteiger partial charge in [0.1, 0.15) is 5.82 Å². The van der Waals surface area contributed by atoms with Crippen LogP contribution >= 0.6 is 11.3 Å². The quantitative estimate of drug-likeness (QED) is 0.741. The molecule has 0 bridgehead atoms. The monoisotopic (exact) mass is 333 g/mol. The maximum absolute atomic E-state index is 5.83. The van der Waals surface area contributed by atoms with E-state index in [4.69, 9.17) is 10.3 Å². The van der Waals surface area contributed by atoms with Crippen LogP contribution in [0, 0.1) is 6.92 Å². The van der Waals surface area contributed by atoms with Crippen molar-refractivity contribution in [1.82, 2.24) is 25.3 Å². The molecule has 0 spiro atoms. The van der Waals surface area contributed by atoms with Crippen LogP contribution in [0.3, 0.4) is 0 Å². The summed E-state index contributed by atoms with van der Waals surface area (Å²) in [7, 11) is 0. The number of nitrogens with zero attached hydrogens (tertiary/aromatic N) is 5. The number of rotatable bonds is 2. The molecule has 23 heavy (non-hydrogen) atoms. The van der Waals surface area contributed by atoms with Crippen LogP contribution < -0.4 is 10.6 Å². The summed E-state index contributed by atoms with van der Waals surface area (Å²) in [5, 5.41) is 11.6. The van der Waals surface area contributed by atoms with Crippen molar-refractivity contribution in [3.05, 3.63) is 22.8 Å². The van der Waals surface area contributed by atoms with Gasteiger partial charge in [0.15, 0.2) is 11.0 Å². The minimum Gasteiger partial charge on any atom is -0.375 e. The molecule has 0 aliphatic carbocycles. The van der Waals surface area contributed by atoms with Crippen molar-refractivity contribution in [3.63, 3.8) is 0 Å². The molecule has 0 radical (unpaired) electrons. The number of hydrogen-bond donors (Lipinski definition) is 2. The predicted octanol–water partition coefficient (Wildman–Crippen LogP) is 2.40. The molecule has 3 N–H and O–H groups in total. The molecule has 4 heterocycles. The summed E-state index contributed by atoms with van der Waals surface area (Å²) in [6, 6.07) is 0. The molecule has 9 heteroatoms. The number of thiazole rings is 1. The standard InChI is InChI=1S/C12H13N7OS.C2H6/c1-6-15-9(20-18-6)5-19-3-2-8-10(16-12(13)21-8)7-4-14-17-11(7)19;1-2/h4H,2-3,5H2,1H3,(H2,13,16)(H,14,17);1-2H3. The highest BCUT2D eigenvalue weighted by Crippen LogP contribution is 2.38. The molecule has 0 fully saturated rings. The third kappa shape index (κ3) is 2.91. The van der Waals surface area contributed by atoms with Crippen LogP contribution in [0.5, 0.6) is 0 Å². The number of H-pyrrole nitrogens is 1. The highest BCUT2D eigenvalue weighted by atomic mass is 32.1. The van der Waals surface area contributed by atoms with Gasteiger partial charge >= 0.3 is 0 Å².